The Hall–Kier alpha value is -2.93. The van der Waals surface area contributed by atoms with E-state index in [1.807, 2.05) is 29.6 Å². The number of thiophene rings is 1. The highest BCUT2D eigenvalue weighted by molar-refractivity contribution is 7.14. The number of amides is 1. The van der Waals surface area contributed by atoms with E-state index in [1.54, 1.807) is 26.6 Å². The van der Waals surface area contributed by atoms with Gasteiger partial charge in [0.15, 0.2) is 11.5 Å². The Labute approximate surface area is 173 Å². The number of aromatic nitrogens is 2. The lowest BCUT2D eigenvalue weighted by Crippen LogP contribution is -2.20. The zero-order chi connectivity index (χ0) is 20.2. The van der Waals surface area contributed by atoms with Crippen molar-refractivity contribution < 1.29 is 14.3 Å². The summed E-state index contributed by atoms with van der Waals surface area (Å²) in [6.45, 7) is 0. The molecule has 7 heteroatoms. The summed E-state index contributed by atoms with van der Waals surface area (Å²) in [6, 6.07) is 7.61. The van der Waals surface area contributed by atoms with Gasteiger partial charge >= 0.3 is 0 Å². The molecule has 1 fully saturated rings. The highest BCUT2D eigenvalue weighted by Crippen LogP contribution is 2.34. The number of nitrogens with zero attached hydrogens (tertiary/aromatic N) is 2. The predicted octanol–water partition coefficient (Wildman–Crippen LogP) is 5.02. The highest BCUT2D eigenvalue weighted by atomic mass is 32.1. The molecular formula is C22H23N3O3S. The summed E-state index contributed by atoms with van der Waals surface area (Å²) < 4.78 is 10.7. The molecule has 1 amide bonds. The molecule has 0 spiro atoms. The van der Waals surface area contributed by atoms with E-state index in [2.05, 4.69) is 10.3 Å². The zero-order valence-electron chi connectivity index (χ0n) is 16.5. The van der Waals surface area contributed by atoms with E-state index in [0.717, 1.165) is 27.5 Å². The van der Waals surface area contributed by atoms with Gasteiger partial charge in [-0.15, -0.1) is 11.3 Å². The van der Waals surface area contributed by atoms with Crippen LogP contribution in [0.1, 0.15) is 25.7 Å². The van der Waals surface area contributed by atoms with Gasteiger partial charge in [-0.05, 0) is 43.0 Å². The summed E-state index contributed by atoms with van der Waals surface area (Å²) in [5, 5.41) is 4.94. The number of benzene rings is 1. The van der Waals surface area contributed by atoms with E-state index in [0.29, 0.717) is 23.8 Å². The van der Waals surface area contributed by atoms with Gasteiger partial charge in [0.2, 0.25) is 5.91 Å². The second-order valence-corrected chi connectivity index (χ2v) is 8.02. The van der Waals surface area contributed by atoms with Crippen molar-refractivity contribution in [3.05, 3.63) is 42.0 Å². The Morgan fingerprint density at radius 1 is 1.14 bits per heavy atom. The van der Waals surface area contributed by atoms with E-state index in [-0.39, 0.29) is 5.91 Å². The van der Waals surface area contributed by atoms with Gasteiger partial charge in [0.05, 0.1) is 48.6 Å². The molecule has 0 atom stereocenters. The fraction of sp³-hybridized carbons (Fsp3) is 0.318. The van der Waals surface area contributed by atoms with Crippen molar-refractivity contribution in [1.29, 1.82) is 0 Å². The van der Waals surface area contributed by atoms with E-state index in [9.17, 15) is 4.79 Å². The molecule has 3 aromatic rings. The predicted molar refractivity (Wildman–Crippen MR) is 114 cm³/mol. The SMILES string of the molecule is COc1ccc(-c2cncc(-c3cc(NC(=O)CC4CCC4)cs3)n2)cc1OC. The Bertz CT molecular complexity index is 1010. The van der Waals surface area contributed by atoms with Crippen molar-refractivity contribution in [2.24, 2.45) is 5.92 Å². The second kappa shape index (κ2) is 8.61. The molecule has 0 bridgehead atoms. The molecule has 0 saturated heterocycles. The Morgan fingerprint density at radius 2 is 1.93 bits per heavy atom. The molecule has 29 heavy (non-hydrogen) atoms. The Kier molecular flexibility index (Phi) is 5.76. The van der Waals surface area contributed by atoms with Crippen molar-refractivity contribution in [2.45, 2.75) is 25.7 Å². The lowest BCUT2D eigenvalue weighted by atomic mass is 9.83. The summed E-state index contributed by atoms with van der Waals surface area (Å²) in [5.41, 5.74) is 3.21. The Morgan fingerprint density at radius 3 is 2.66 bits per heavy atom. The molecular weight excluding hydrogens is 386 g/mol. The summed E-state index contributed by atoms with van der Waals surface area (Å²) >= 11 is 1.54. The van der Waals surface area contributed by atoms with Crippen molar-refractivity contribution in [3.63, 3.8) is 0 Å². The first-order valence-corrected chi connectivity index (χ1v) is 10.5. The third-order valence-corrected chi connectivity index (χ3v) is 6.10. The summed E-state index contributed by atoms with van der Waals surface area (Å²) in [4.78, 5) is 22.2. The van der Waals surface area contributed by atoms with Gasteiger partial charge in [-0.25, -0.2) is 4.98 Å². The average Bonchev–Trinajstić information content (AvgIpc) is 3.18. The van der Waals surface area contributed by atoms with Gasteiger partial charge in [-0.2, -0.15) is 0 Å². The van der Waals surface area contributed by atoms with E-state index < -0.39 is 0 Å². The number of rotatable bonds is 7. The maximum Gasteiger partial charge on any atom is 0.224 e. The number of hydrogen-bond donors (Lipinski definition) is 1. The lowest BCUT2D eigenvalue weighted by Gasteiger charge is -2.24. The molecule has 0 aliphatic heterocycles. The topological polar surface area (TPSA) is 73.3 Å². The van der Waals surface area contributed by atoms with Crippen molar-refractivity contribution >= 4 is 22.9 Å². The number of hydrogen-bond acceptors (Lipinski definition) is 6. The van der Waals surface area contributed by atoms with Crippen LogP contribution in [-0.4, -0.2) is 30.1 Å². The third kappa shape index (κ3) is 4.40. The van der Waals surface area contributed by atoms with Crippen molar-refractivity contribution in [3.8, 4) is 33.3 Å². The van der Waals surface area contributed by atoms with Gasteiger partial charge in [0, 0.05) is 17.4 Å². The second-order valence-electron chi connectivity index (χ2n) is 7.11. The minimum Gasteiger partial charge on any atom is -0.493 e. The molecule has 2 heterocycles. The number of methoxy groups -OCH3 is 2. The monoisotopic (exact) mass is 409 g/mol. The van der Waals surface area contributed by atoms with Crippen LogP contribution in [0.15, 0.2) is 42.0 Å². The molecule has 1 aliphatic rings. The van der Waals surface area contributed by atoms with Crippen LogP contribution in [-0.2, 0) is 4.79 Å². The van der Waals surface area contributed by atoms with Crippen LogP contribution >= 0.6 is 11.3 Å². The molecule has 6 nitrogen and oxygen atoms in total. The summed E-state index contributed by atoms with van der Waals surface area (Å²) in [6.07, 6.45) is 7.65. The van der Waals surface area contributed by atoms with Gasteiger partial charge in [0.1, 0.15) is 0 Å². The molecule has 2 aromatic heterocycles. The van der Waals surface area contributed by atoms with Gasteiger partial charge < -0.3 is 14.8 Å². The standard InChI is InChI=1S/C22H23N3O3S/c1-27-19-7-6-15(9-20(19)28-2)17-11-23-12-18(25-17)21-10-16(13-29-21)24-22(26)8-14-4-3-5-14/h6-7,9-14H,3-5,8H2,1-2H3,(H,24,26). The van der Waals surface area contributed by atoms with Crippen LogP contribution < -0.4 is 14.8 Å². The number of nitrogens with one attached hydrogen (secondary N) is 1. The number of carbonyl (C=O) groups is 1. The number of carbonyl (C=O) groups excluding carboxylic acids is 1. The molecule has 1 saturated carbocycles. The van der Waals surface area contributed by atoms with Crippen LogP contribution in [0.4, 0.5) is 5.69 Å². The van der Waals surface area contributed by atoms with Gasteiger partial charge in [-0.1, -0.05) is 6.42 Å². The summed E-state index contributed by atoms with van der Waals surface area (Å²) in [7, 11) is 3.22. The number of anilines is 1. The molecule has 0 unspecified atom stereocenters. The van der Waals surface area contributed by atoms with Crippen LogP contribution in [0.25, 0.3) is 21.8 Å². The zero-order valence-corrected chi connectivity index (χ0v) is 17.3. The van der Waals surface area contributed by atoms with Crippen molar-refractivity contribution in [1.82, 2.24) is 9.97 Å². The summed E-state index contributed by atoms with van der Waals surface area (Å²) in [5.74, 6) is 1.95. The normalized spacial score (nSPS) is 13.6. The minimum atomic E-state index is 0.0872. The van der Waals surface area contributed by atoms with Crippen LogP contribution in [0.2, 0.25) is 0 Å². The maximum absolute atomic E-state index is 12.2. The fourth-order valence-electron chi connectivity index (χ4n) is 3.33. The van der Waals surface area contributed by atoms with Gasteiger partial charge in [-0.3, -0.25) is 9.78 Å². The first-order valence-electron chi connectivity index (χ1n) is 9.59. The largest absolute Gasteiger partial charge is 0.493 e. The molecule has 1 N–H and O–H groups in total. The molecule has 1 aliphatic carbocycles. The smallest absolute Gasteiger partial charge is 0.224 e. The molecule has 1 aromatic carbocycles. The van der Waals surface area contributed by atoms with E-state index in [4.69, 9.17) is 14.5 Å². The Balaban J connectivity index is 1.52. The highest BCUT2D eigenvalue weighted by Gasteiger charge is 2.21. The minimum absolute atomic E-state index is 0.0872. The fourth-order valence-corrected chi connectivity index (χ4v) is 4.12. The molecule has 0 radical (unpaired) electrons. The van der Waals surface area contributed by atoms with E-state index >= 15 is 0 Å². The van der Waals surface area contributed by atoms with Gasteiger partial charge in [0.25, 0.3) is 0 Å². The van der Waals surface area contributed by atoms with E-state index in [1.165, 1.54) is 30.6 Å². The first-order chi connectivity index (χ1) is 14.2. The van der Waals surface area contributed by atoms with Crippen LogP contribution in [0, 0.1) is 5.92 Å². The van der Waals surface area contributed by atoms with Crippen LogP contribution in [0.3, 0.4) is 0 Å². The van der Waals surface area contributed by atoms with Crippen molar-refractivity contribution in [2.75, 3.05) is 19.5 Å². The third-order valence-electron chi connectivity index (χ3n) is 5.15. The molecule has 150 valence electrons. The van der Waals surface area contributed by atoms with Crippen LogP contribution in [0.5, 0.6) is 11.5 Å². The lowest BCUT2D eigenvalue weighted by molar-refractivity contribution is -0.117. The number of ether oxygens (including phenoxy) is 2. The maximum atomic E-state index is 12.2. The quantitative estimate of drug-likeness (QED) is 0.593. The average molecular weight is 410 g/mol. The molecule has 4 rings (SSSR count). The first kappa shape index (κ1) is 19.4.